The molecule has 3 N–H and O–H groups in total. The largest absolute Gasteiger partial charge is 0.356 e. The van der Waals surface area contributed by atoms with Gasteiger partial charge in [-0.15, -0.1) is 0 Å². The van der Waals surface area contributed by atoms with Gasteiger partial charge in [0.15, 0.2) is 0 Å². The van der Waals surface area contributed by atoms with Gasteiger partial charge in [0, 0.05) is 37.1 Å². The molecule has 1 rings (SSSR count). The molecule has 5 heteroatoms. The molecule has 0 aliphatic carbocycles. The zero-order valence-corrected chi connectivity index (χ0v) is 13.0. The molecule has 0 heterocycles. The first-order valence-electron chi connectivity index (χ1n) is 6.98. The van der Waals surface area contributed by atoms with Gasteiger partial charge >= 0.3 is 0 Å². The molecule has 0 aliphatic heterocycles. The summed E-state index contributed by atoms with van der Waals surface area (Å²) >= 11 is 6.15. The number of hydrogen-bond acceptors (Lipinski definition) is 3. The van der Waals surface area contributed by atoms with E-state index in [0.29, 0.717) is 26.1 Å². The monoisotopic (exact) mass is 297 g/mol. The maximum Gasteiger partial charge on any atom is 0.221 e. The minimum atomic E-state index is 0.0168. The lowest BCUT2D eigenvalue weighted by Crippen LogP contribution is -2.41. The third-order valence-electron chi connectivity index (χ3n) is 3.27. The van der Waals surface area contributed by atoms with E-state index in [9.17, 15) is 4.79 Å². The van der Waals surface area contributed by atoms with Gasteiger partial charge in [-0.05, 0) is 25.1 Å². The highest BCUT2D eigenvalue weighted by Crippen LogP contribution is 2.17. The van der Waals surface area contributed by atoms with Crippen molar-refractivity contribution in [3.63, 3.8) is 0 Å². The lowest BCUT2D eigenvalue weighted by molar-refractivity contribution is -0.122. The molecule has 0 saturated heterocycles. The maximum absolute atomic E-state index is 11.8. The molecule has 0 saturated carbocycles. The summed E-state index contributed by atoms with van der Waals surface area (Å²) in [7, 11) is 1.97. The number of hydrogen-bond donors (Lipinski definition) is 2. The standard InChI is InChI=1S/C15H24ClN3O/c1-3-8-18-15(20)9-13(10-17)19(2)11-12-6-4-5-7-14(12)16/h4-7,13H,3,8-11,17H2,1-2H3,(H,18,20). The number of halogens is 1. The van der Waals surface area contributed by atoms with E-state index in [2.05, 4.69) is 10.2 Å². The summed E-state index contributed by atoms with van der Waals surface area (Å²) in [6.07, 6.45) is 1.35. The highest BCUT2D eigenvalue weighted by Gasteiger charge is 2.17. The summed E-state index contributed by atoms with van der Waals surface area (Å²) in [6, 6.07) is 7.74. The molecular weight excluding hydrogens is 274 g/mol. The smallest absolute Gasteiger partial charge is 0.221 e. The van der Waals surface area contributed by atoms with Crippen LogP contribution in [-0.4, -0.2) is 37.0 Å². The Kier molecular flexibility index (Phi) is 7.59. The Hall–Kier alpha value is -1.10. The number of nitrogens with one attached hydrogen (secondary N) is 1. The van der Waals surface area contributed by atoms with Gasteiger partial charge in [-0.3, -0.25) is 9.69 Å². The summed E-state index contributed by atoms with van der Waals surface area (Å²) < 4.78 is 0. The third-order valence-corrected chi connectivity index (χ3v) is 3.63. The summed E-state index contributed by atoms with van der Waals surface area (Å²) in [6.45, 7) is 3.87. The summed E-state index contributed by atoms with van der Waals surface area (Å²) in [5.41, 5.74) is 6.83. The second kappa shape index (κ2) is 8.95. The van der Waals surface area contributed by atoms with E-state index in [-0.39, 0.29) is 11.9 Å². The molecule has 0 spiro atoms. The lowest BCUT2D eigenvalue weighted by Gasteiger charge is -2.27. The molecule has 0 aromatic heterocycles. The second-order valence-corrected chi connectivity index (χ2v) is 5.36. The van der Waals surface area contributed by atoms with Gasteiger partial charge in [0.1, 0.15) is 0 Å². The molecular formula is C15H24ClN3O. The summed E-state index contributed by atoms with van der Waals surface area (Å²) in [5, 5.41) is 3.62. The zero-order valence-electron chi connectivity index (χ0n) is 12.2. The highest BCUT2D eigenvalue weighted by molar-refractivity contribution is 6.31. The molecule has 0 aliphatic rings. The van der Waals surface area contributed by atoms with Gasteiger partial charge in [0.05, 0.1) is 0 Å². The number of nitrogens with zero attached hydrogens (tertiary/aromatic N) is 1. The molecule has 1 aromatic carbocycles. The minimum Gasteiger partial charge on any atom is -0.356 e. The predicted octanol–water partition coefficient (Wildman–Crippen LogP) is 2.02. The average Bonchev–Trinajstić information content (AvgIpc) is 2.44. The zero-order chi connectivity index (χ0) is 15.0. The number of nitrogens with two attached hydrogens (primary N) is 1. The Morgan fingerprint density at radius 2 is 2.15 bits per heavy atom. The number of rotatable bonds is 8. The quantitative estimate of drug-likeness (QED) is 0.772. The van der Waals surface area contributed by atoms with Crippen LogP contribution in [0.5, 0.6) is 0 Å². The van der Waals surface area contributed by atoms with E-state index in [1.807, 2.05) is 38.2 Å². The highest BCUT2D eigenvalue weighted by atomic mass is 35.5. The second-order valence-electron chi connectivity index (χ2n) is 4.95. The van der Waals surface area contributed by atoms with Crippen molar-refractivity contribution in [1.29, 1.82) is 0 Å². The Bertz CT molecular complexity index is 425. The average molecular weight is 298 g/mol. The van der Waals surface area contributed by atoms with Crippen LogP contribution >= 0.6 is 11.6 Å². The molecule has 1 amide bonds. The molecule has 0 fully saturated rings. The van der Waals surface area contributed by atoms with Crippen molar-refractivity contribution < 1.29 is 4.79 Å². The molecule has 4 nitrogen and oxygen atoms in total. The van der Waals surface area contributed by atoms with Crippen LogP contribution in [0.1, 0.15) is 25.3 Å². The fourth-order valence-corrected chi connectivity index (χ4v) is 2.19. The SMILES string of the molecule is CCCNC(=O)CC(CN)N(C)Cc1ccccc1Cl. The van der Waals surface area contributed by atoms with E-state index in [0.717, 1.165) is 17.0 Å². The van der Waals surface area contributed by atoms with Crippen molar-refractivity contribution in [3.8, 4) is 0 Å². The fraction of sp³-hybridized carbons (Fsp3) is 0.533. The van der Waals surface area contributed by atoms with Crippen LogP contribution in [-0.2, 0) is 11.3 Å². The number of carbonyl (C=O) groups excluding carboxylic acids is 1. The van der Waals surface area contributed by atoms with Crippen LogP contribution in [0.3, 0.4) is 0 Å². The van der Waals surface area contributed by atoms with Crippen LogP contribution in [0, 0.1) is 0 Å². The van der Waals surface area contributed by atoms with Crippen LogP contribution in [0.4, 0.5) is 0 Å². The summed E-state index contributed by atoms with van der Waals surface area (Å²) in [4.78, 5) is 13.9. The Labute approximate surface area is 126 Å². The molecule has 1 atom stereocenters. The molecule has 0 radical (unpaired) electrons. The predicted molar refractivity (Wildman–Crippen MR) is 83.7 cm³/mol. The van der Waals surface area contributed by atoms with E-state index < -0.39 is 0 Å². The van der Waals surface area contributed by atoms with E-state index in [1.54, 1.807) is 0 Å². The van der Waals surface area contributed by atoms with Crippen molar-refractivity contribution in [2.24, 2.45) is 5.73 Å². The van der Waals surface area contributed by atoms with Crippen molar-refractivity contribution in [1.82, 2.24) is 10.2 Å². The van der Waals surface area contributed by atoms with Crippen LogP contribution in [0.25, 0.3) is 0 Å². The number of benzene rings is 1. The van der Waals surface area contributed by atoms with E-state index in [1.165, 1.54) is 0 Å². The van der Waals surface area contributed by atoms with Crippen LogP contribution in [0.2, 0.25) is 5.02 Å². The fourth-order valence-electron chi connectivity index (χ4n) is 1.99. The van der Waals surface area contributed by atoms with E-state index >= 15 is 0 Å². The van der Waals surface area contributed by atoms with Gasteiger partial charge in [-0.25, -0.2) is 0 Å². The lowest BCUT2D eigenvalue weighted by atomic mass is 10.1. The van der Waals surface area contributed by atoms with Crippen molar-refractivity contribution in [2.45, 2.75) is 32.4 Å². The van der Waals surface area contributed by atoms with E-state index in [4.69, 9.17) is 17.3 Å². The number of likely N-dealkylation sites (N-methyl/N-ethyl adjacent to an activating group) is 1. The topological polar surface area (TPSA) is 58.4 Å². The molecule has 112 valence electrons. The van der Waals surface area contributed by atoms with Crippen molar-refractivity contribution in [2.75, 3.05) is 20.1 Å². The minimum absolute atomic E-state index is 0.0168. The molecule has 1 unspecified atom stereocenters. The van der Waals surface area contributed by atoms with Crippen LogP contribution < -0.4 is 11.1 Å². The number of amides is 1. The first-order chi connectivity index (χ1) is 9.58. The Morgan fingerprint density at radius 3 is 2.75 bits per heavy atom. The van der Waals surface area contributed by atoms with Gasteiger partial charge in [0.25, 0.3) is 0 Å². The van der Waals surface area contributed by atoms with Gasteiger partial charge in [0.2, 0.25) is 5.91 Å². The first-order valence-corrected chi connectivity index (χ1v) is 7.36. The third kappa shape index (κ3) is 5.49. The normalized spacial score (nSPS) is 12.4. The van der Waals surface area contributed by atoms with Crippen molar-refractivity contribution >= 4 is 17.5 Å². The first kappa shape index (κ1) is 17.0. The Balaban J connectivity index is 2.56. The molecule has 1 aromatic rings. The maximum atomic E-state index is 11.8. The van der Waals surface area contributed by atoms with Crippen LogP contribution in [0.15, 0.2) is 24.3 Å². The number of carbonyl (C=O) groups is 1. The van der Waals surface area contributed by atoms with Gasteiger partial charge in [-0.2, -0.15) is 0 Å². The van der Waals surface area contributed by atoms with Gasteiger partial charge < -0.3 is 11.1 Å². The Morgan fingerprint density at radius 1 is 1.45 bits per heavy atom. The molecule has 0 bridgehead atoms. The van der Waals surface area contributed by atoms with Crippen molar-refractivity contribution in [3.05, 3.63) is 34.9 Å². The van der Waals surface area contributed by atoms with Gasteiger partial charge in [-0.1, -0.05) is 36.7 Å². The summed E-state index contributed by atoms with van der Waals surface area (Å²) in [5.74, 6) is 0.0494. The molecule has 20 heavy (non-hydrogen) atoms.